The fraction of sp³-hybridized carbons (Fsp3) is 0.444. The Morgan fingerprint density at radius 2 is 2.07 bits per heavy atom. The van der Waals surface area contributed by atoms with Crippen LogP contribution in [0.4, 0.5) is 11.5 Å². The van der Waals surface area contributed by atoms with Crippen molar-refractivity contribution in [1.82, 2.24) is 14.5 Å². The van der Waals surface area contributed by atoms with Crippen LogP contribution in [0.15, 0.2) is 39.0 Å². The lowest BCUT2D eigenvalue weighted by Gasteiger charge is -2.24. The molecule has 0 saturated carbocycles. The number of thioether (sulfide) groups is 1. The Hall–Kier alpha value is -2.55. The number of aromatic nitrogens is 3. The van der Waals surface area contributed by atoms with Crippen molar-refractivity contribution in [1.29, 1.82) is 0 Å². The van der Waals surface area contributed by atoms with Crippen LogP contribution in [-0.2, 0) is 11.3 Å². The summed E-state index contributed by atoms with van der Waals surface area (Å²) < 4.78 is 1.30. The number of nitrogens with zero attached hydrogens (tertiary/aromatic N) is 3. The first-order chi connectivity index (χ1) is 13.0. The van der Waals surface area contributed by atoms with Gasteiger partial charge in [0.2, 0.25) is 5.91 Å². The number of hydrogen-bond donors (Lipinski definition) is 2. The van der Waals surface area contributed by atoms with Gasteiger partial charge in [-0.2, -0.15) is 0 Å². The van der Waals surface area contributed by atoms with Gasteiger partial charge in [0.25, 0.3) is 5.56 Å². The minimum Gasteiger partial charge on any atom is -0.383 e. The van der Waals surface area contributed by atoms with Crippen molar-refractivity contribution in [2.45, 2.75) is 44.7 Å². The summed E-state index contributed by atoms with van der Waals surface area (Å²) in [7, 11) is 0. The Morgan fingerprint density at radius 1 is 1.30 bits per heavy atom. The largest absolute Gasteiger partial charge is 0.383 e. The van der Waals surface area contributed by atoms with E-state index >= 15 is 0 Å². The molecule has 0 unspecified atom stereocenters. The van der Waals surface area contributed by atoms with Gasteiger partial charge in [0.05, 0.1) is 10.8 Å². The van der Waals surface area contributed by atoms with Gasteiger partial charge in [-0.1, -0.05) is 38.1 Å². The summed E-state index contributed by atoms with van der Waals surface area (Å²) in [6.45, 7) is 4.62. The molecule has 0 saturated heterocycles. The smallest absolute Gasteiger partial charge is 0.330 e. The maximum atomic E-state index is 12.9. The fourth-order valence-electron chi connectivity index (χ4n) is 2.61. The molecule has 0 fully saturated rings. The maximum absolute atomic E-state index is 12.9. The number of nitrogens with one attached hydrogen (secondary N) is 1. The van der Waals surface area contributed by atoms with E-state index in [2.05, 4.69) is 9.97 Å². The van der Waals surface area contributed by atoms with Crippen molar-refractivity contribution in [2.75, 3.05) is 22.9 Å². The van der Waals surface area contributed by atoms with E-state index in [0.29, 0.717) is 25.9 Å². The van der Waals surface area contributed by atoms with Crippen LogP contribution in [0.2, 0.25) is 0 Å². The molecule has 0 spiro atoms. The number of nitrogens with two attached hydrogens (primary N) is 1. The summed E-state index contributed by atoms with van der Waals surface area (Å²) in [6.07, 6.45) is 3.90. The molecule has 27 heavy (non-hydrogen) atoms. The highest BCUT2D eigenvalue weighted by Gasteiger charge is 2.23. The number of amides is 1. The zero-order chi connectivity index (χ0) is 19.8. The summed E-state index contributed by atoms with van der Waals surface area (Å²) in [4.78, 5) is 45.2. The first-order valence-electron chi connectivity index (χ1n) is 8.96. The number of nitrogen functional groups attached to an aromatic ring is 1. The average molecular weight is 391 g/mol. The predicted octanol–water partition coefficient (Wildman–Crippen LogP) is 1.85. The zero-order valence-corrected chi connectivity index (χ0v) is 16.4. The van der Waals surface area contributed by atoms with Gasteiger partial charge in [-0.05, 0) is 25.0 Å². The molecular weight excluding hydrogens is 366 g/mol. The molecule has 0 aliphatic heterocycles. The molecule has 9 heteroatoms. The Balaban J connectivity index is 2.35. The zero-order valence-electron chi connectivity index (χ0n) is 15.6. The van der Waals surface area contributed by atoms with Crippen LogP contribution in [0.5, 0.6) is 0 Å². The molecule has 146 valence electrons. The van der Waals surface area contributed by atoms with Crippen molar-refractivity contribution in [3.8, 4) is 0 Å². The van der Waals surface area contributed by atoms with Gasteiger partial charge in [-0.3, -0.25) is 19.1 Å². The fourth-order valence-corrected chi connectivity index (χ4v) is 3.34. The standard InChI is InChI=1S/C18H25N5O3S/c1-3-5-11-22(14(24)12-27-13-8-6-7-9-20-13)15-16(19)23(10-4-2)18(26)21-17(15)25/h6-9H,3-5,10-12,19H2,1-2H3,(H,21,25,26). The van der Waals surface area contributed by atoms with E-state index in [1.807, 2.05) is 26.0 Å². The highest BCUT2D eigenvalue weighted by molar-refractivity contribution is 7.99. The van der Waals surface area contributed by atoms with Gasteiger partial charge in [-0.15, -0.1) is 0 Å². The second-order valence-corrected chi connectivity index (χ2v) is 7.00. The number of carbonyl (C=O) groups excluding carboxylic acids is 1. The number of carbonyl (C=O) groups is 1. The van der Waals surface area contributed by atoms with Crippen LogP contribution in [0.1, 0.15) is 33.1 Å². The molecule has 2 aromatic rings. The summed E-state index contributed by atoms with van der Waals surface area (Å²) >= 11 is 1.29. The summed E-state index contributed by atoms with van der Waals surface area (Å²) in [5, 5.41) is 0.721. The number of H-pyrrole nitrogens is 1. The SMILES string of the molecule is CCCCN(C(=O)CSc1ccccn1)c1c(N)n(CCC)c(=O)[nH]c1=O. The molecule has 0 bridgehead atoms. The molecule has 2 aromatic heterocycles. The minimum atomic E-state index is -0.642. The van der Waals surface area contributed by atoms with Gasteiger partial charge >= 0.3 is 5.69 Å². The molecule has 0 aromatic carbocycles. The van der Waals surface area contributed by atoms with Gasteiger partial charge in [0, 0.05) is 19.3 Å². The monoisotopic (exact) mass is 391 g/mol. The lowest BCUT2D eigenvalue weighted by molar-refractivity contribution is -0.116. The lowest BCUT2D eigenvalue weighted by Crippen LogP contribution is -2.42. The highest BCUT2D eigenvalue weighted by atomic mass is 32.2. The normalized spacial score (nSPS) is 10.7. The first-order valence-corrected chi connectivity index (χ1v) is 9.94. The van der Waals surface area contributed by atoms with E-state index in [9.17, 15) is 14.4 Å². The Kier molecular flexibility index (Phi) is 7.66. The molecule has 8 nitrogen and oxygen atoms in total. The Bertz CT molecular complexity index is 879. The van der Waals surface area contributed by atoms with Crippen molar-refractivity contribution in [2.24, 2.45) is 0 Å². The van der Waals surface area contributed by atoms with Gasteiger partial charge in [0.15, 0.2) is 5.69 Å². The quantitative estimate of drug-likeness (QED) is 0.631. The van der Waals surface area contributed by atoms with Crippen LogP contribution < -0.4 is 21.9 Å². The lowest BCUT2D eigenvalue weighted by atomic mass is 10.2. The third-order valence-electron chi connectivity index (χ3n) is 3.95. The number of anilines is 2. The number of pyridine rings is 1. The third kappa shape index (κ3) is 5.22. The van der Waals surface area contributed by atoms with Crippen LogP contribution in [0, 0.1) is 0 Å². The second-order valence-electron chi connectivity index (χ2n) is 6.00. The van der Waals surface area contributed by atoms with Crippen LogP contribution in [0.25, 0.3) is 0 Å². The first kappa shape index (κ1) is 20.8. The van der Waals surface area contributed by atoms with Crippen LogP contribution in [0.3, 0.4) is 0 Å². The number of unbranched alkanes of at least 4 members (excludes halogenated alkanes) is 1. The molecule has 2 heterocycles. The molecule has 0 radical (unpaired) electrons. The molecule has 0 aliphatic rings. The number of rotatable bonds is 9. The van der Waals surface area contributed by atoms with Crippen LogP contribution in [-0.4, -0.2) is 32.7 Å². The second kappa shape index (κ2) is 9.96. The van der Waals surface area contributed by atoms with E-state index in [1.54, 1.807) is 12.3 Å². The van der Waals surface area contributed by atoms with Crippen LogP contribution >= 0.6 is 11.8 Å². The van der Waals surface area contributed by atoms with E-state index in [4.69, 9.17) is 5.73 Å². The predicted molar refractivity (Wildman–Crippen MR) is 108 cm³/mol. The molecule has 2 rings (SSSR count). The number of aromatic amines is 1. The Morgan fingerprint density at radius 3 is 2.70 bits per heavy atom. The molecule has 3 N–H and O–H groups in total. The summed E-state index contributed by atoms with van der Waals surface area (Å²) in [5.74, 6) is -0.108. The van der Waals surface area contributed by atoms with E-state index in [1.165, 1.54) is 21.2 Å². The molecular formula is C18H25N5O3S. The third-order valence-corrected chi connectivity index (χ3v) is 4.88. The van der Waals surface area contributed by atoms with E-state index in [0.717, 1.165) is 11.4 Å². The van der Waals surface area contributed by atoms with Gasteiger partial charge in [-0.25, -0.2) is 9.78 Å². The average Bonchev–Trinajstić information content (AvgIpc) is 2.66. The summed E-state index contributed by atoms with van der Waals surface area (Å²) in [5.41, 5.74) is 4.96. The summed E-state index contributed by atoms with van der Waals surface area (Å²) in [6, 6.07) is 5.46. The van der Waals surface area contributed by atoms with E-state index < -0.39 is 11.2 Å². The van der Waals surface area contributed by atoms with Crippen molar-refractivity contribution < 1.29 is 4.79 Å². The number of hydrogen-bond acceptors (Lipinski definition) is 6. The maximum Gasteiger partial charge on any atom is 0.330 e. The van der Waals surface area contributed by atoms with E-state index in [-0.39, 0.29) is 23.2 Å². The van der Waals surface area contributed by atoms with Crippen molar-refractivity contribution in [3.63, 3.8) is 0 Å². The topological polar surface area (TPSA) is 114 Å². The van der Waals surface area contributed by atoms with Crippen molar-refractivity contribution >= 4 is 29.2 Å². The Labute approximate surface area is 161 Å². The van der Waals surface area contributed by atoms with Gasteiger partial charge < -0.3 is 10.6 Å². The highest BCUT2D eigenvalue weighted by Crippen LogP contribution is 2.21. The molecule has 1 amide bonds. The van der Waals surface area contributed by atoms with Gasteiger partial charge in [0.1, 0.15) is 5.82 Å². The van der Waals surface area contributed by atoms with Crippen molar-refractivity contribution in [3.05, 3.63) is 45.2 Å². The minimum absolute atomic E-state index is 0.0258. The molecule has 0 aliphatic carbocycles. The molecule has 0 atom stereocenters.